The number of imide groups is 1. The van der Waals surface area contributed by atoms with Gasteiger partial charge in [-0.1, -0.05) is 18.2 Å². The van der Waals surface area contributed by atoms with Crippen LogP contribution in [0.25, 0.3) is 27.6 Å². The second-order valence-corrected chi connectivity index (χ2v) is 7.77. The second kappa shape index (κ2) is 8.20. The average molecular weight is 439 g/mol. The van der Waals surface area contributed by atoms with E-state index in [1.54, 1.807) is 24.4 Å². The standard InChI is InChI=1S/C26H21N3O4/c1-33-24-7-2-15(10-23(24)30)13-27-14-21-20-12-17(3-5-19(20)25(31)29-26(21)32)16-4-6-22-18(11-16)8-9-28-22/h2-12,14,27-28,30H,13H2,1H3,(H,29,31,32). The van der Waals surface area contributed by atoms with Gasteiger partial charge in [0.05, 0.1) is 12.7 Å². The SMILES string of the molecule is COc1ccc(CNC=C2C(=O)NC(=O)c3ccc(-c4ccc5[nH]ccc5c4)cc32)cc1O. The number of fused-ring (bicyclic) bond motifs is 2. The highest BCUT2D eigenvalue weighted by Crippen LogP contribution is 2.31. The van der Waals surface area contributed by atoms with Crippen molar-refractivity contribution in [3.63, 3.8) is 0 Å². The van der Waals surface area contributed by atoms with Crippen LogP contribution in [0.4, 0.5) is 0 Å². The smallest absolute Gasteiger partial charge is 0.260 e. The number of ether oxygens (including phenoxy) is 1. The molecule has 4 N–H and O–H groups in total. The van der Waals surface area contributed by atoms with Crippen LogP contribution in [0.15, 0.2) is 73.1 Å². The van der Waals surface area contributed by atoms with E-state index >= 15 is 0 Å². The van der Waals surface area contributed by atoms with Crippen molar-refractivity contribution in [1.29, 1.82) is 0 Å². The molecule has 33 heavy (non-hydrogen) atoms. The van der Waals surface area contributed by atoms with Gasteiger partial charge in [0, 0.05) is 35.6 Å². The van der Waals surface area contributed by atoms with Crippen LogP contribution < -0.4 is 15.4 Å². The number of aromatic hydroxyl groups is 1. The van der Waals surface area contributed by atoms with Gasteiger partial charge in [-0.2, -0.15) is 0 Å². The lowest BCUT2D eigenvalue weighted by Gasteiger charge is -2.19. The fraction of sp³-hybridized carbons (Fsp3) is 0.0769. The minimum atomic E-state index is -0.462. The second-order valence-electron chi connectivity index (χ2n) is 7.77. The first-order chi connectivity index (χ1) is 16.0. The predicted octanol–water partition coefficient (Wildman–Crippen LogP) is 3.95. The maximum absolute atomic E-state index is 12.6. The van der Waals surface area contributed by atoms with Crippen molar-refractivity contribution in [3.8, 4) is 22.6 Å². The summed E-state index contributed by atoms with van der Waals surface area (Å²) < 4.78 is 5.06. The number of amides is 2. The van der Waals surface area contributed by atoms with E-state index in [2.05, 4.69) is 21.7 Å². The molecule has 0 spiro atoms. The number of phenolic OH excluding ortho intramolecular Hbond substituents is 1. The molecular formula is C26H21N3O4. The molecule has 0 fully saturated rings. The molecule has 0 saturated heterocycles. The molecule has 0 atom stereocenters. The number of H-pyrrole nitrogens is 1. The van der Waals surface area contributed by atoms with Crippen molar-refractivity contribution in [2.75, 3.05) is 7.11 Å². The van der Waals surface area contributed by atoms with Crippen LogP contribution in [0.1, 0.15) is 21.5 Å². The first-order valence-corrected chi connectivity index (χ1v) is 10.4. The number of hydrogen-bond acceptors (Lipinski definition) is 5. The van der Waals surface area contributed by atoms with Gasteiger partial charge in [0.2, 0.25) is 0 Å². The molecule has 0 bridgehead atoms. The minimum absolute atomic E-state index is 0.0415. The van der Waals surface area contributed by atoms with Crippen molar-refractivity contribution >= 4 is 28.3 Å². The zero-order valence-corrected chi connectivity index (χ0v) is 17.8. The van der Waals surface area contributed by atoms with Crippen LogP contribution in [-0.4, -0.2) is 29.0 Å². The summed E-state index contributed by atoms with van der Waals surface area (Å²) in [5.41, 5.74) is 5.13. The van der Waals surface area contributed by atoms with E-state index in [0.717, 1.165) is 27.6 Å². The number of hydrogen-bond donors (Lipinski definition) is 4. The zero-order chi connectivity index (χ0) is 22.9. The monoisotopic (exact) mass is 439 g/mol. The van der Waals surface area contributed by atoms with Gasteiger partial charge in [-0.15, -0.1) is 0 Å². The number of methoxy groups -OCH3 is 1. The summed E-state index contributed by atoms with van der Waals surface area (Å²) in [6.07, 6.45) is 3.49. The summed E-state index contributed by atoms with van der Waals surface area (Å²) >= 11 is 0. The maximum Gasteiger partial charge on any atom is 0.260 e. The Morgan fingerprint density at radius 2 is 1.76 bits per heavy atom. The highest BCUT2D eigenvalue weighted by Gasteiger charge is 2.27. The van der Waals surface area contributed by atoms with E-state index < -0.39 is 11.8 Å². The number of nitrogens with one attached hydrogen (secondary N) is 3. The molecule has 1 aromatic heterocycles. The number of phenols is 1. The molecule has 2 heterocycles. The molecule has 2 amide bonds. The van der Waals surface area contributed by atoms with E-state index in [1.165, 1.54) is 7.11 Å². The molecule has 3 aromatic carbocycles. The van der Waals surface area contributed by atoms with Gasteiger partial charge in [-0.05, 0) is 64.5 Å². The Bertz CT molecular complexity index is 1430. The maximum atomic E-state index is 12.6. The Kier molecular flexibility index (Phi) is 5.06. The third-order valence-corrected chi connectivity index (χ3v) is 5.71. The van der Waals surface area contributed by atoms with Gasteiger partial charge in [-0.3, -0.25) is 14.9 Å². The topological polar surface area (TPSA) is 103 Å². The van der Waals surface area contributed by atoms with Crippen molar-refractivity contribution in [2.45, 2.75) is 6.54 Å². The largest absolute Gasteiger partial charge is 0.504 e. The summed E-state index contributed by atoms with van der Waals surface area (Å²) in [5, 5.41) is 16.5. The van der Waals surface area contributed by atoms with Gasteiger partial charge in [0.1, 0.15) is 0 Å². The van der Waals surface area contributed by atoms with Crippen molar-refractivity contribution in [3.05, 3.63) is 89.8 Å². The van der Waals surface area contributed by atoms with E-state index in [0.29, 0.717) is 29.0 Å². The third kappa shape index (κ3) is 3.80. The molecule has 5 rings (SSSR count). The first-order valence-electron chi connectivity index (χ1n) is 10.4. The first kappa shape index (κ1) is 20.4. The van der Waals surface area contributed by atoms with E-state index in [4.69, 9.17) is 4.74 Å². The van der Waals surface area contributed by atoms with Gasteiger partial charge < -0.3 is 20.1 Å². The predicted molar refractivity (Wildman–Crippen MR) is 126 cm³/mol. The van der Waals surface area contributed by atoms with Crippen molar-refractivity contribution in [2.24, 2.45) is 0 Å². The Morgan fingerprint density at radius 3 is 2.58 bits per heavy atom. The van der Waals surface area contributed by atoms with E-state index in [-0.39, 0.29) is 5.75 Å². The van der Waals surface area contributed by atoms with Gasteiger partial charge in [-0.25, -0.2) is 0 Å². The molecule has 7 nitrogen and oxygen atoms in total. The summed E-state index contributed by atoms with van der Waals surface area (Å²) in [7, 11) is 1.49. The lowest BCUT2D eigenvalue weighted by Crippen LogP contribution is -2.37. The van der Waals surface area contributed by atoms with E-state index in [1.807, 2.05) is 42.6 Å². The molecule has 1 aliphatic heterocycles. The summed E-state index contributed by atoms with van der Waals surface area (Å²) in [6, 6.07) is 18.6. The summed E-state index contributed by atoms with van der Waals surface area (Å²) in [6.45, 7) is 0.376. The summed E-state index contributed by atoms with van der Waals surface area (Å²) in [5.74, 6) is -0.447. The molecule has 4 aromatic rings. The molecule has 0 saturated carbocycles. The van der Waals surface area contributed by atoms with Crippen LogP contribution in [0.3, 0.4) is 0 Å². The Balaban J connectivity index is 1.47. The van der Waals surface area contributed by atoms with Crippen molar-refractivity contribution in [1.82, 2.24) is 15.6 Å². The fourth-order valence-electron chi connectivity index (χ4n) is 4.00. The lowest BCUT2D eigenvalue weighted by molar-refractivity contribution is -0.114. The zero-order valence-electron chi connectivity index (χ0n) is 17.8. The van der Waals surface area contributed by atoms with Crippen molar-refractivity contribution < 1.29 is 19.4 Å². The Labute approximate surface area is 189 Å². The highest BCUT2D eigenvalue weighted by molar-refractivity contribution is 6.31. The quantitative estimate of drug-likeness (QED) is 0.279. The number of rotatable bonds is 5. The number of aromatic nitrogens is 1. The molecular weight excluding hydrogens is 418 g/mol. The molecule has 164 valence electrons. The molecule has 0 radical (unpaired) electrons. The van der Waals surface area contributed by atoms with Gasteiger partial charge in [0.15, 0.2) is 11.5 Å². The number of aromatic amines is 1. The number of carbonyl (C=O) groups is 2. The molecule has 0 unspecified atom stereocenters. The average Bonchev–Trinajstić information content (AvgIpc) is 3.29. The van der Waals surface area contributed by atoms with Gasteiger partial charge >= 0.3 is 0 Å². The van der Waals surface area contributed by atoms with Crippen LogP contribution in [0.5, 0.6) is 11.5 Å². The third-order valence-electron chi connectivity index (χ3n) is 5.71. The fourth-order valence-corrected chi connectivity index (χ4v) is 4.00. The lowest BCUT2D eigenvalue weighted by atomic mass is 9.91. The number of benzene rings is 3. The van der Waals surface area contributed by atoms with Crippen LogP contribution in [0.2, 0.25) is 0 Å². The minimum Gasteiger partial charge on any atom is -0.504 e. The highest BCUT2D eigenvalue weighted by atomic mass is 16.5. The molecule has 7 heteroatoms. The van der Waals surface area contributed by atoms with Crippen LogP contribution >= 0.6 is 0 Å². The Morgan fingerprint density at radius 1 is 0.939 bits per heavy atom. The molecule has 0 aliphatic carbocycles. The van der Waals surface area contributed by atoms with Crippen LogP contribution in [0, 0.1) is 0 Å². The van der Waals surface area contributed by atoms with Crippen LogP contribution in [-0.2, 0) is 11.3 Å². The number of carbonyl (C=O) groups excluding carboxylic acids is 2. The summed E-state index contributed by atoms with van der Waals surface area (Å²) in [4.78, 5) is 28.2. The van der Waals surface area contributed by atoms with Gasteiger partial charge in [0.25, 0.3) is 11.8 Å². The molecule has 1 aliphatic rings. The normalized spacial score (nSPS) is 14.3. The van der Waals surface area contributed by atoms with E-state index in [9.17, 15) is 14.7 Å². The Hall–Kier alpha value is -4.52.